The van der Waals surface area contributed by atoms with Gasteiger partial charge < -0.3 is 40.3 Å². The van der Waals surface area contributed by atoms with E-state index in [1.54, 1.807) is 38.1 Å². The maximum absolute atomic E-state index is 14.5. The number of para-hydroxylation sites is 1. The summed E-state index contributed by atoms with van der Waals surface area (Å²) >= 11 is 0. The van der Waals surface area contributed by atoms with Crippen LogP contribution in [0, 0.1) is 29.1 Å². The number of amides is 3. The summed E-state index contributed by atoms with van der Waals surface area (Å²) in [5, 5.41) is 29.9. The van der Waals surface area contributed by atoms with E-state index in [-0.39, 0.29) is 54.4 Å². The van der Waals surface area contributed by atoms with E-state index < -0.39 is 24.2 Å². The Balaban J connectivity index is 1.23. The van der Waals surface area contributed by atoms with Gasteiger partial charge in [0.15, 0.2) is 0 Å². The van der Waals surface area contributed by atoms with Crippen molar-refractivity contribution < 1.29 is 34.2 Å². The average molecular weight is 867 g/mol. The molecule has 5 aliphatic rings. The summed E-state index contributed by atoms with van der Waals surface area (Å²) in [7, 11) is 9.13. The van der Waals surface area contributed by atoms with E-state index in [2.05, 4.69) is 53.3 Å². The van der Waals surface area contributed by atoms with Gasteiger partial charge in [-0.2, -0.15) is 5.06 Å². The number of ether oxygens (including phenoxy) is 1. The first-order chi connectivity index (χ1) is 30.0. The number of hydroxylamine groups is 2. The van der Waals surface area contributed by atoms with Crippen molar-refractivity contribution in [2.75, 3.05) is 59.9 Å². The Bertz CT molecular complexity index is 2090. The first-order valence-corrected chi connectivity index (χ1v) is 22.8. The van der Waals surface area contributed by atoms with Crippen molar-refractivity contribution in [2.45, 2.75) is 103 Å². The van der Waals surface area contributed by atoms with Crippen molar-refractivity contribution in [3.8, 4) is 16.9 Å². The standard InChI is InChI=1S/C50H70N6O7/c1-30-40-25-36(50(40,3)4)26-41(30)52-48(60)45-44(31(2)58)43(29-57)63-56(45)27-33-17-13-18-39(46(33)62-9)34-22-35(24-38(23-34)55-20-14-19-42(55)49(61)54(7)8)47(59)51-37(28-53(5)6)21-32-15-11-10-12-16-32/h10-13,15-18,22-24,30-31,36-37,40-45,57-58H,14,19-21,25-29H2,1-9H3,(H,51,59)(H,52,60)/t30-,31-,36+,37-,40-,41-,42?,43-,44+,45-/m0/s1. The summed E-state index contributed by atoms with van der Waals surface area (Å²) in [6.07, 6.45) is 2.57. The Labute approximate surface area is 374 Å². The molecule has 2 heterocycles. The maximum atomic E-state index is 14.5. The molecule has 13 heteroatoms. The van der Waals surface area contributed by atoms with E-state index in [9.17, 15) is 24.6 Å². The molecular formula is C50H70N6O7. The molecule has 10 atom stereocenters. The Morgan fingerprint density at radius 1 is 1.02 bits per heavy atom. The molecule has 3 aromatic rings. The molecule has 63 heavy (non-hydrogen) atoms. The van der Waals surface area contributed by atoms with Gasteiger partial charge in [0, 0.05) is 67.6 Å². The number of rotatable bonds is 16. The summed E-state index contributed by atoms with van der Waals surface area (Å²) in [5.74, 6) is 0.808. The lowest BCUT2D eigenvalue weighted by Gasteiger charge is -2.62. The number of benzene rings is 3. The minimum atomic E-state index is -0.932. The van der Waals surface area contributed by atoms with Crippen LogP contribution in [0.1, 0.15) is 74.9 Å². The van der Waals surface area contributed by atoms with Crippen LogP contribution in [0.2, 0.25) is 0 Å². The molecular weight excluding hydrogens is 797 g/mol. The van der Waals surface area contributed by atoms with Crippen molar-refractivity contribution in [2.24, 2.45) is 29.1 Å². The number of aliphatic hydroxyl groups excluding tert-OH is 2. The SMILES string of the molecule is COc1c(CN2O[C@@H](CO)[C@@H]([C@H](C)O)[C@H]2C(=O)N[C@H]2C[C@H]3C[C@@H]([C@@H]2C)C3(C)C)cccc1-c1cc(C(=O)N[C@@H](Cc2ccccc2)CN(C)C)cc(N2CCCC2C(=O)N(C)C)c1. The summed E-state index contributed by atoms with van der Waals surface area (Å²) in [4.78, 5) is 54.5. The Kier molecular flexibility index (Phi) is 14.2. The topological polar surface area (TPSA) is 147 Å². The molecule has 2 saturated heterocycles. The van der Waals surface area contributed by atoms with Crippen LogP contribution in [0.3, 0.4) is 0 Å². The van der Waals surface area contributed by atoms with Crippen LogP contribution in [-0.2, 0) is 27.4 Å². The predicted molar refractivity (Wildman–Crippen MR) is 245 cm³/mol. The third-order valence-corrected chi connectivity index (χ3v) is 14.7. The molecule has 5 fully saturated rings. The number of carbonyl (C=O) groups is 3. The Morgan fingerprint density at radius 2 is 1.76 bits per heavy atom. The predicted octanol–water partition coefficient (Wildman–Crippen LogP) is 4.98. The molecule has 342 valence electrons. The van der Waals surface area contributed by atoms with E-state index in [4.69, 9.17) is 9.57 Å². The molecule has 13 nitrogen and oxygen atoms in total. The second-order valence-corrected chi connectivity index (χ2v) is 19.7. The van der Waals surface area contributed by atoms with Gasteiger partial charge in [0.25, 0.3) is 5.91 Å². The number of hydrogen-bond acceptors (Lipinski definition) is 10. The molecule has 0 radical (unpaired) electrons. The zero-order valence-corrected chi connectivity index (χ0v) is 38.7. The van der Waals surface area contributed by atoms with Crippen LogP contribution in [0.25, 0.3) is 11.1 Å². The zero-order valence-electron chi connectivity index (χ0n) is 38.7. The van der Waals surface area contributed by atoms with Crippen LogP contribution in [0.5, 0.6) is 5.75 Å². The van der Waals surface area contributed by atoms with Crippen LogP contribution in [-0.4, -0.2) is 134 Å². The number of anilines is 1. The maximum Gasteiger partial charge on any atom is 0.251 e. The number of hydrogen-bond donors (Lipinski definition) is 4. The summed E-state index contributed by atoms with van der Waals surface area (Å²) in [6.45, 7) is 9.60. The van der Waals surface area contributed by atoms with E-state index >= 15 is 0 Å². The first kappa shape index (κ1) is 46.5. The highest BCUT2D eigenvalue weighted by atomic mass is 16.7. The van der Waals surface area contributed by atoms with Crippen LogP contribution < -0.4 is 20.3 Å². The smallest absolute Gasteiger partial charge is 0.251 e. The van der Waals surface area contributed by atoms with Crippen molar-refractivity contribution in [1.29, 1.82) is 0 Å². The lowest BCUT2D eigenvalue weighted by molar-refractivity contribution is -0.183. The minimum Gasteiger partial charge on any atom is -0.496 e. The number of likely N-dealkylation sites (N-methyl/N-ethyl adjacent to an activating group) is 2. The minimum absolute atomic E-state index is 0.00945. The lowest BCUT2D eigenvalue weighted by Crippen LogP contribution is -2.62. The van der Waals surface area contributed by atoms with Gasteiger partial charge in [-0.3, -0.25) is 19.2 Å². The van der Waals surface area contributed by atoms with Crippen molar-refractivity contribution >= 4 is 23.4 Å². The molecule has 4 N–H and O–H groups in total. The third kappa shape index (κ3) is 9.64. The Hall–Kier alpha value is -4.53. The normalized spacial score (nSPS) is 27.4. The number of fused-ring (bicyclic) bond motifs is 2. The molecule has 2 aliphatic heterocycles. The molecule has 0 spiro atoms. The van der Waals surface area contributed by atoms with Crippen molar-refractivity contribution in [3.63, 3.8) is 0 Å². The number of nitrogens with one attached hydrogen (secondary N) is 2. The molecule has 8 rings (SSSR count). The fourth-order valence-corrected chi connectivity index (χ4v) is 11.3. The summed E-state index contributed by atoms with van der Waals surface area (Å²) in [6, 6.07) is 20.3. The van der Waals surface area contributed by atoms with Gasteiger partial charge in [-0.05, 0) is 106 Å². The van der Waals surface area contributed by atoms with Gasteiger partial charge in [-0.25, -0.2) is 0 Å². The van der Waals surface area contributed by atoms with E-state index in [0.29, 0.717) is 55.0 Å². The van der Waals surface area contributed by atoms with Crippen molar-refractivity contribution in [1.82, 2.24) is 25.5 Å². The largest absolute Gasteiger partial charge is 0.496 e. The second kappa shape index (κ2) is 19.3. The van der Waals surface area contributed by atoms with Gasteiger partial charge in [-0.1, -0.05) is 69.3 Å². The molecule has 1 unspecified atom stereocenters. The van der Waals surface area contributed by atoms with Gasteiger partial charge in [0.2, 0.25) is 11.8 Å². The quantitative estimate of drug-likeness (QED) is 0.156. The lowest BCUT2D eigenvalue weighted by atomic mass is 9.45. The van der Waals surface area contributed by atoms with Crippen LogP contribution in [0.4, 0.5) is 5.69 Å². The van der Waals surface area contributed by atoms with E-state index in [1.807, 2.05) is 68.7 Å². The third-order valence-electron chi connectivity index (χ3n) is 14.7. The molecule has 3 saturated carbocycles. The highest BCUT2D eigenvalue weighted by molar-refractivity contribution is 5.98. The number of methoxy groups -OCH3 is 1. The fourth-order valence-electron chi connectivity index (χ4n) is 11.3. The van der Waals surface area contributed by atoms with E-state index in [1.165, 1.54) is 6.42 Å². The number of aliphatic hydroxyl groups is 2. The monoisotopic (exact) mass is 867 g/mol. The fraction of sp³-hybridized carbons (Fsp3) is 0.580. The van der Waals surface area contributed by atoms with Crippen molar-refractivity contribution in [3.05, 3.63) is 83.4 Å². The summed E-state index contributed by atoms with van der Waals surface area (Å²) in [5.41, 5.74) is 4.77. The first-order valence-electron chi connectivity index (χ1n) is 22.8. The molecule has 3 amide bonds. The number of carbonyl (C=O) groups excluding carboxylic acids is 3. The Morgan fingerprint density at radius 3 is 2.40 bits per heavy atom. The van der Waals surface area contributed by atoms with Gasteiger partial charge in [0.1, 0.15) is 23.9 Å². The van der Waals surface area contributed by atoms with Crippen LogP contribution in [0.15, 0.2) is 66.7 Å². The molecule has 3 aromatic carbocycles. The zero-order chi connectivity index (χ0) is 45.3. The van der Waals surface area contributed by atoms with Gasteiger partial charge in [-0.15, -0.1) is 0 Å². The van der Waals surface area contributed by atoms with Gasteiger partial charge >= 0.3 is 0 Å². The highest BCUT2D eigenvalue weighted by Crippen LogP contribution is 2.61. The average Bonchev–Trinajstić information content (AvgIpc) is 3.89. The number of nitrogens with zero attached hydrogens (tertiary/aromatic N) is 4. The van der Waals surface area contributed by atoms with Crippen LogP contribution >= 0.6 is 0 Å². The van der Waals surface area contributed by atoms with Gasteiger partial charge in [0.05, 0.1) is 26.4 Å². The molecule has 2 bridgehead atoms. The van der Waals surface area contributed by atoms with E-state index in [0.717, 1.165) is 40.8 Å². The highest BCUT2D eigenvalue weighted by Gasteiger charge is 2.57. The molecule has 3 aliphatic carbocycles. The summed E-state index contributed by atoms with van der Waals surface area (Å²) < 4.78 is 6.21. The second-order valence-electron chi connectivity index (χ2n) is 19.7. The molecule has 0 aromatic heterocycles.